The minimum Gasteiger partial charge on any atom is -0.444 e. The predicted octanol–water partition coefficient (Wildman–Crippen LogP) is 5.35. The van der Waals surface area contributed by atoms with Crippen LogP contribution in [0.1, 0.15) is 101 Å². The summed E-state index contributed by atoms with van der Waals surface area (Å²) in [4.78, 5) is 42.8. The number of nitrogens with zero attached hydrogens (tertiary/aromatic N) is 2. The largest absolute Gasteiger partial charge is 0.444 e. The van der Waals surface area contributed by atoms with E-state index in [1.54, 1.807) is 34.6 Å². The van der Waals surface area contributed by atoms with Crippen LogP contribution in [0, 0.1) is 17.3 Å². The van der Waals surface area contributed by atoms with Crippen LogP contribution in [0.2, 0.25) is 0 Å². The zero-order chi connectivity index (χ0) is 23.1. The maximum atomic E-state index is 13.4. The molecule has 6 nitrogen and oxygen atoms in total. The van der Waals surface area contributed by atoms with Gasteiger partial charge in [-0.1, -0.05) is 59.8 Å². The van der Waals surface area contributed by atoms with E-state index in [0.717, 1.165) is 12.8 Å². The molecule has 2 fully saturated rings. The molecule has 2 atom stereocenters. The van der Waals surface area contributed by atoms with Gasteiger partial charge >= 0.3 is 6.09 Å². The lowest BCUT2D eigenvalue weighted by molar-refractivity contribution is -0.148. The number of carbonyl (C=O) groups is 3. The molecule has 0 aromatic heterocycles. The second-order valence-electron chi connectivity index (χ2n) is 11.8. The van der Waals surface area contributed by atoms with E-state index < -0.39 is 28.8 Å². The lowest BCUT2D eigenvalue weighted by Crippen LogP contribution is -2.56. The maximum Gasteiger partial charge on any atom is 0.412 e. The molecule has 1 heterocycles. The molecule has 6 heteroatoms. The number of hydrogen-bond donors (Lipinski definition) is 0. The van der Waals surface area contributed by atoms with Crippen LogP contribution in [0.25, 0.3) is 0 Å². The smallest absolute Gasteiger partial charge is 0.412 e. The number of amides is 3. The quantitative estimate of drug-likeness (QED) is 0.615. The Kier molecular flexibility index (Phi) is 7.00. The molecule has 0 N–H and O–H groups in total. The second-order valence-corrected chi connectivity index (χ2v) is 11.8. The molecular formula is C24H42N2O4. The number of rotatable bonds is 3. The van der Waals surface area contributed by atoms with Crippen molar-refractivity contribution in [2.75, 3.05) is 0 Å². The molecule has 1 aliphatic carbocycles. The summed E-state index contributed by atoms with van der Waals surface area (Å²) in [6.45, 7) is 16.8. The van der Waals surface area contributed by atoms with Crippen LogP contribution in [-0.2, 0) is 14.3 Å². The van der Waals surface area contributed by atoms with Crippen molar-refractivity contribution >= 4 is 17.9 Å². The second kappa shape index (κ2) is 8.51. The van der Waals surface area contributed by atoms with Crippen molar-refractivity contribution in [1.29, 1.82) is 0 Å². The lowest BCUT2D eigenvalue weighted by atomic mass is 9.79. The molecule has 0 aromatic carbocycles. The normalized spacial score (nSPS) is 24.2. The highest BCUT2D eigenvalue weighted by molar-refractivity contribution is 6.04. The van der Waals surface area contributed by atoms with Gasteiger partial charge < -0.3 is 4.74 Å². The Labute approximate surface area is 182 Å². The summed E-state index contributed by atoms with van der Waals surface area (Å²) in [7, 11) is 0. The van der Waals surface area contributed by atoms with E-state index in [2.05, 4.69) is 6.92 Å². The van der Waals surface area contributed by atoms with Crippen molar-refractivity contribution < 1.29 is 19.1 Å². The van der Waals surface area contributed by atoms with Gasteiger partial charge in [0.05, 0.1) is 0 Å². The standard InChI is InChI=1S/C24H42N2O4/c1-16(17-13-11-10-12-14-17)15-18(27)25-19(22(2,3)4)26(24(8,9)20(25)28)21(29)30-23(5,6)7/h16-17,19H,10-15H2,1-9H3/t16-,19-/m1/s1. The zero-order valence-corrected chi connectivity index (χ0v) is 20.5. The Morgan fingerprint density at radius 3 is 2.07 bits per heavy atom. The fraction of sp³-hybridized carbons (Fsp3) is 0.875. The van der Waals surface area contributed by atoms with Crippen LogP contribution >= 0.6 is 0 Å². The van der Waals surface area contributed by atoms with Crippen LogP contribution < -0.4 is 0 Å². The maximum absolute atomic E-state index is 13.4. The Balaban J connectivity index is 2.33. The SMILES string of the molecule is C[C@H](CC(=O)N1C(=O)C(C)(C)N(C(=O)OC(C)(C)C)[C@@H]1C(C)(C)C)C1CCCCC1. The molecule has 0 aromatic rings. The van der Waals surface area contributed by atoms with Crippen molar-refractivity contribution in [3.8, 4) is 0 Å². The summed E-state index contributed by atoms with van der Waals surface area (Å²) >= 11 is 0. The van der Waals surface area contributed by atoms with Gasteiger partial charge in [0, 0.05) is 11.8 Å². The molecule has 1 aliphatic heterocycles. The topological polar surface area (TPSA) is 66.9 Å². The highest BCUT2D eigenvalue weighted by atomic mass is 16.6. The van der Waals surface area contributed by atoms with Gasteiger partial charge in [0.25, 0.3) is 5.91 Å². The highest BCUT2D eigenvalue weighted by Crippen LogP contribution is 2.42. The first kappa shape index (κ1) is 24.7. The number of ether oxygens (including phenoxy) is 1. The van der Waals surface area contributed by atoms with Crippen LogP contribution in [-0.4, -0.2) is 45.0 Å². The lowest BCUT2D eigenvalue weighted by Gasteiger charge is -2.41. The van der Waals surface area contributed by atoms with Crippen molar-refractivity contribution in [2.24, 2.45) is 17.3 Å². The Hall–Kier alpha value is -1.59. The first-order valence-corrected chi connectivity index (χ1v) is 11.5. The van der Waals surface area contributed by atoms with E-state index in [0.29, 0.717) is 12.3 Å². The summed E-state index contributed by atoms with van der Waals surface area (Å²) in [5.41, 5.74) is -2.35. The molecule has 2 aliphatic rings. The van der Waals surface area contributed by atoms with Gasteiger partial charge in [0.2, 0.25) is 5.91 Å². The van der Waals surface area contributed by atoms with E-state index in [4.69, 9.17) is 4.74 Å². The molecular weight excluding hydrogens is 380 g/mol. The average Bonchev–Trinajstić information content (AvgIpc) is 2.81. The summed E-state index contributed by atoms with van der Waals surface area (Å²) < 4.78 is 5.63. The molecule has 30 heavy (non-hydrogen) atoms. The molecule has 3 amide bonds. The predicted molar refractivity (Wildman–Crippen MR) is 118 cm³/mol. The van der Waals surface area contributed by atoms with Crippen LogP contribution in [0.4, 0.5) is 4.79 Å². The molecule has 0 spiro atoms. The molecule has 0 unspecified atom stereocenters. The summed E-state index contributed by atoms with van der Waals surface area (Å²) in [5.74, 6) is 0.250. The minimum atomic E-state index is -1.15. The van der Waals surface area contributed by atoms with Gasteiger partial charge in [-0.15, -0.1) is 0 Å². The molecule has 0 bridgehead atoms. The Morgan fingerprint density at radius 2 is 1.60 bits per heavy atom. The van der Waals surface area contributed by atoms with Crippen molar-refractivity contribution in [1.82, 2.24) is 9.80 Å². The fourth-order valence-electron chi connectivity index (χ4n) is 4.84. The number of imide groups is 1. The third-order valence-electron chi connectivity index (χ3n) is 6.42. The molecule has 1 saturated heterocycles. The summed E-state index contributed by atoms with van der Waals surface area (Å²) in [6, 6.07) is 0. The third-order valence-corrected chi connectivity index (χ3v) is 6.42. The Bertz CT molecular complexity index is 666. The monoisotopic (exact) mass is 422 g/mol. The number of hydrogen-bond acceptors (Lipinski definition) is 4. The van der Waals surface area contributed by atoms with Crippen molar-refractivity contribution in [3.05, 3.63) is 0 Å². The first-order valence-electron chi connectivity index (χ1n) is 11.5. The van der Waals surface area contributed by atoms with Crippen molar-refractivity contribution in [2.45, 2.75) is 118 Å². The summed E-state index contributed by atoms with van der Waals surface area (Å²) in [5, 5.41) is 0. The van der Waals surface area contributed by atoms with Crippen molar-refractivity contribution in [3.63, 3.8) is 0 Å². The zero-order valence-electron chi connectivity index (χ0n) is 20.5. The minimum absolute atomic E-state index is 0.183. The van der Waals surface area contributed by atoms with Crippen LogP contribution in [0.5, 0.6) is 0 Å². The highest BCUT2D eigenvalue weighted by Gasteiger charge is 2.60. The van der Waals surface area contributed by atoms with Gasteiger partial charge in [0.15, 0.2) is 0 Å². The van der Waals surface area contributed by atoms with Gasteiger partial charge in [-0.05, 0) is 46.5 Å². The van der Waals surface area contributed by atoms with Gasteiger partial charge in [0.1, 0.15) is 17.3 Å². The Morgan fingerprint density at radius 1 is 1.07 bits per heavy atom. The fourth-order valence-corrected chi connectivity index (χ4v) is 4.84. The van der Waals surface area contributed by atoms with Crippen LogP contribution in [0.15, 0.2) is 0 Å². The average molecular weight is 423 g/mol. The van der Waals surface area contributed by atoms with Gasteiger partial charge in [-0.3, -0.25) is 19.4 Å². The third kappa shape index (κ3) is 5.17. The van der Waals surface area contributed by atoms with E-state index >= 15 is 0 Å². The van der Waals surface area contributed by atoms with E-state index in [1.165, 1.54) is 29.1 Å². The van der Waals surface area contributed by atoms with E-state index in [1.807, 2.05) is 20.8 Å². The van der Waals surface area contributed by atoms with Gasteiger partial charge in [-0.25, -0.2) is 4.79 Å². The first-order chi connectivity index (χ1) is 13.6. The van der Waals surface area contributed by atoms with Crippen LogP contribution in [0.3, 0.4) is 0 Å². The number of carbonyl (C=O) groups excluding carboxylic acids is 3. The van der Waals surface area contributed by atoms with E-state index in [-0.39, 0.29) is 17.7 Å². The van der Waals surface area contributed by atoms with Gasteiger partial charge in [-0.2, -0.15) is 0 Å². The molecule has 172 valence electrons. The molecule has 2 rings (SSSR count). The van der Waals surface area contributed by atoms with E-state index in [9.17, 15) is 14.4 Å². The molecule has 0 radical (unpaired) electrons. The summed E-state index contributed by atoms with van der Waals surface area (Å²) in [6.07, 6.45) is 5.11. The molecule has 1 saturated carbocycles.